The normalized spacial score (nSPS) is 17.1. The molecular formula is C20H20F3N3S. The molecule has 2 aromatic heterocycles. The molecule has 1 aromatic carbocycles. The number of aryl methyl sites for hydroxylation is 2. The van der Waals surface area contributed by atoms with Gasteiger partial charge in [-0.15, -0.1) is 11.3 Å². The maximum absolute atomic E-state index is 13.6. The van der Waals surface area contributed by atoms with E-state index in [1.807, 2.05) is 12.1 Å². The van der Waals surface area contributed by atoms with Gasteiger partial charge in [0, 0.05) is 47.1 Å². The lowest BCUT2D eigenvalue weighted by Gasteiger charge is -2.26. The molecule has 3 aromatic rings. The highest BCUT2D eigenvalue weighted by atomic mass is 32.1. The fourth-order valence-electron chi connectivity index (χ4n) is 3.77. The van der Waals surface area contributed by atoms with Crippen LogP contribution in [-0.4, -0.2) is 16.3 Å². The quantitative estimate of drug-likeness (QED) is 0.666. The van der Waals surface area contributed by atoms with Crippen LogP contribution in [0.15, 0.2) is 36.5 Å². The predicted octanol–water partition coefficient (Wildman–Crippen LogP) is 5.19. The third-order valence-electron chi connectivity index (χ3n) is 4.95. The standard InChI is InChI=1S/C20H20F3N3S/c1-3-26-11-17(19(25-26)20(21,22)23)14-7-5-4-6-13(14)16-9-24-10-18-15(16)8-12(2)27-18/h4-8,11,16,24H,3,9-10H2,1-2H3. The van der Waals surface area contributed by atoms with Crippen LogP contribution in [0, 0.1) is 6.92 Å². The maximum atomic E-state index is 13.6. The molecule has 1 unspecified atom stereocenters. The highest BCUT2D eigenvalue weighted by molar-refractivity contribution is 7.12. The molecule has 1 N–H and O–H groups in total. The molecule has 3 heterocycles. The number of thiophene rings is 1. The van der Waals surface area contributed by atoms with Crippen LogP contribution in [0.2, 0.25) is 0 Å². The van der Waals surface area contributed by atoms with Gasteiger partial charge in [-0.25, -0.2) is 0 Å². The Kier molecular flexibility index (Phi) is 4.60. The molecule has 3 nitrogen and oxygen atoms in total. The van der Waals surface area contributed by atoms with E-state index in [-0.39, 0.29) is 11.5 Å². The van der Waals surface area contributed by atoms with Crippen LogP contribution >= 0.6 is 11.3 Å². The SMILES string of the molecule is CCn1cc(-c2ccccc2C2CNCc3sc(C)cc32)c(C(F)(F)F)n1. The van der Waals surface area contributed by atoms with E-state index in [1.54, 1.807) is 30.4 Å². The molecule has 142 valence electrons. The second-order valence-corrected chi connectivity index (χ2v) is 8.09. The Morgan fingerprint density at radius 1 is 1.22 bits per heavy atom. The second kappa shape index (κ2) is 6.80. The van der Waals surface area contributed by atoms with E-state index in [1.165, 1.54) is 26.2 Å². The Bertz CT molecular complexity index is 971. The minimum absolute atomic E-state index is 0.0287. The lowest BCUT2D eigenvalue weighted by atomic mass is 9.84. The van der Waals surface area contributed by atoms with E-state index in [0.29, 0.717) is 18.7 Å². The number of alkyl halides is 3. The zero-order chi connectivity index (χ0) is 19.2. The van der Waals surface area contributed by atoms with Gasteiger partial charge < -0.3 is 5.32 Å². The number of hydrogen-bond acceptors (Lipinski definition) is 3. The summed E-state index contributed by atoms with van der Waals surface area (Å²) in [6.45, 7) is 5.77. The lowest BCUT2D eigenvalue weighted by molar-refractivity contribution is -0.141. The Morgan fingerprint density at radius 3 is 2.74 bits per heavy atom. The molecule has 1 aliphatic heterocycles. The Hall–Kier alpha value is -2.12. The topological polar surface area (TPSA) is 29.9 Å². The zero-order valence-corrected chi connectivity index (χ0v) is 15.9. The second-order valence-electron chi connectivity index (χ2n) is 6.75. The van der Waals surface area contributed by atoms with E-state index in [0.717, 1.165) is 12.1 Å². The summed E-state index contributed by atoms with van der Waals surface area (Å²) in [5.41, 5.74) is 2.07. The fourth-order valence-corrected chi connectivity index (χ4v) is 4.84. The molecule has 0 spiro atoms. The van der Waals surface area contributed by atoms with E-state index in [2.05, 4.69) is 23.4 Å². The summed E-state index contributed by atoms with van der Waals surface area (Å²) in [5.74, 6) is 0.0287. The number of nitrogens with zero attached hydrogens (tertiary/aromatic N) is 2. The van der Waals surface area contributed by atoms with Crippen molar-refractivity contribution in [1.29, 1.82) is 0 Å². The molecule has 0 saturated heterocycles. The molecule has 4 rings (SSSR count). The Labute approximate surface area is 159 Å². The van der Waals surface area contributed by atoms with E-state index < -0.39 is 11.9 Å². The van der Waals surface area contributed by atoms with Crippen LogP contribution in [0.1, 0.15) is 39.4 Å². The van der Waals surface area contributed by atoms with Crippen molar-refractivity contribution in [1.82, 2.24) is 15.1 Å². The van der Waals surface area contributed by atoms with E-state index in [4.69, 9.17) is 0 Å². The fraction of sp³-hybridized carbons (Fsp3) is 0.350. The minimum Gasteiger partial charge on any atom is -0.311 e. The first-order valence-corrected chi connectivity index (χ1v) is 9.74. The Morgan fingerprint density at radius 2 is 2.00 bits per heavy atom. The summed E-state index contributed by atoms with van der Waals surface area (Å²) < 4.78 is 42.2. The Balaban J connectivity index is 1.88. The number of nitrogens with one attached hydrogen (secondary N) is 1. The van der Waals surface area contributed by atoms with Crippen LogP contribution in [0.3, 0.4) is 0 Å². The first-order chi connectivity index (χ1) is 12.9. The van der Waals surface area contributed by atoms with Gasteiger partial charge in [0.2, 0.25) is 0 Å². The maximum Gasteiger partial charge on any atom is 0.435 e. The largest absolute Gasteiger partial charge is 0.435 e. The van der Waals surface area contributed by atoms with Crippen molar-refractivity contribution in [3.8, 4) is 11.1 Å². The number of hydrogen-bond donors (Lipinski definition) is 1. The van der Waals surface area contributed by atoms with Crippen molar-refractivity contribution in [2.75, 3.05) is 6.54 Å². The van der Waals surface area contributed by atoms with Crippen LogP contribution in [0.5, 0.6) is 0 Å². The summed E-state index contributed by atoms with van der Waals surface area (Å²) in [5, 5.41) is 7.20. The number of benzene rings is 1. The van der Waals surface area contributed by atoms with Crippen molar-refractivity contribution >= 4 is 11.3 Å². The molecule has 0 fully saturated rings. The van der Waals surface area contributed by atoms with Crippen LogP contribution in [0.4, 0.5) is 13.2 Å². The van der Waals surface area contributed by atoms with Gasteiger partial charge in [-0.2, -0.15) is 18.3 Å². The molecule has 1 atom stereocenters. The number of rotatable bonds is 3. The number of halogens is 3. The first kappa shape index (κ1) is 18.3. The molecule has 1 aliphatic rings. The van der Waals surface area contributed by atoms with Crippen molar-refractivity contribution in [3.63, 3.8) is 0 Å². The molecule has 0 amide bonds. The van der Waals surface area contributed by atoms with Gasteiger partial charge in [0.1, 0.15) is 0 Å². The number of fused-ring (bicyclic) bond motifs is 1. The van der Waals surface area contributed by atoms with Crippen LogP contribution in [-0.2, 0) is 19.3 Å². The molecular weight excluding hydrogens is 371 g/mol. The molecule has 0 saturated carbocycles. The van der Waals surface area contributed by atoms with E-state index in [9.17, 15) is 13.2 Å². The third kappa shape index (κ3) is 3.30. The summed E-state index contributed by atoms with van der Waals surface area (Å²) >= 11 is 1.75. The van der Waals surface area contributed by atoms with Crippen molar-refractivity contribution in [2.45, 2.75) is 39.0 Å². The summed E-state index contributed by atoms with van der Waals surface area (Å²) in [7, 11) is 0. The molecule has 27 heavy (non-hydrogen) atoms. The zero-order valence-electron chi connectivity index (χ0n) is 15.1. The monoisotopic (exact) mass is 391 g/mol. The first-order valence-electron chi connectivity index (χ1n) is 8.92. The third-order valence-corrected chi connectivity index (χ3v) is 6.02. The van der Waals surface area contributed by atoms with Gasteiger partial charge in [0.05, 0.1) is 0 Å². The van der Waals surface area contributed by atoms with Gasteiger partial charge in [-0.05, 0) is 36.6 Å². The molecule has 0 bridgehead atoms. The average Bonchev–Trinajstić information content (AvgIpc) is 3.23. The summed E-state index contributed by atoms with van der Waals surface area (Å²) in [6.07, 6.45) is -2.98. The van der Waals surface area contributed by atoms with Gasteiger partial charge in [-0.1, -0.05) is 24.3 Å². The van der Waals surface area contributed by atoms with Crippen LogP contribution < -0.4 is 5.32 Å². The molecule has 0 aliphatic carbocycles. The van der Waals surface area contributed by atoms with Gasteiger partial charge >= 0.3 is 6.18 Å². The van der Waals surface area contributed by atoms with Crippen molar-refractivity contribution < 1.29 is 13.2 Å². The van der Waals surface area contributed by atoms with Crippen molar-refractivity contribution in [2.24, 2.45) is 0 Å². The summed E-state index contributed by atoms with van der Waals surface area (Å²) in [6, 6.07) is 9.56. The smallest absolute Gasteiger partial charge is 0.311 e. The number of aromatic nitrogens is 2. The minimum atomic E-state index is -4.49. The lowest BCUT2D eigenvalue weighted by Crippen LogP contribution is -2.27. The van der Waals surface area contributed by atoms with E-state index >= 15 is 0 Å². The van der Waals surface area contributed by atoms with Gasteiger partial charge in [0.25, 0.3) is 0 Å². The van der Waals surface area contributed by atoms with Crippen LogP contribution in [0.25, 0.3) is 11.1 Å². The predicted molar refractivity (Wildman–Crippen MR) is 101 cm³/mol. The highest BCUT2D eigenvalue weighted by Gasteiger charge is 2.38. The summed E-state index contributed by atoms with van der Waals surface area (Å²) in [4.78, 5) is 2.49. The molecule has 0 radical (unpaired) electrons. The van der Waals surface area contributed by atoms with Gasteiger partial charge in [0.15, 0.2) is 5.69 Å². The highest BCUT2D eigenvalue weighted by Crippen LogP contribution is 2.42. The molecule has 7 heteroatoms. The van der Waals surface area contributed by atoms with Gasteiger partial charge in [-0.3, -0.25) is 4.68 Å². The average molecular weight is 391 g/mol. The van der Waals surface area contributed by atoms with Crippen molar-refractivity contribution in [3.05, 3.63) is 63.1 Å².